The molecular weight excluding hydrogens is 452 g/mol. The molecule has 0 amide bonds. The summed E-state index contributed by atoms with van der Waals surface area (Å²) in [6.45, 7) is 1.37. The molecule has 174 valence electrons. The lowest BCUT2D eigenvalue weighted by atomic mass is 10.0. The van der Waals surface area contributed by atoms with Crippen LogP contribution in [0.1, 0.15) is 32.6 Å². The van der Waals surface area contributed by atoms with Gasteiger partial charge in [0.1, 0.15) is 0 Å². The van der Waals surface area contributed by atoms with E-state index in [2.05, 4.69) is 10.5 Å². The number of halogens is 6. The summed E-state index contributed by atoms with van der Waals surface area (Å²) in [5, 5.41) is 6.10. The highest BCUT2D eigenvalue weighted by molar-refractivity contribution is 6.11. The van der Waals surface area contributed by atoms with E-state index in [1.165, 1.54) is 6.20 Å². The third kappa shape index (κ3) is 5.54. The molecule has 5 nitrogen and oxygen atoms in total. The molecule has 3 rings (SSSR count). The number of carbonyl (C=O) groups excluding carboxylic acids is 1. The lowest BCUT2D eigenvalue weighted by molar-refractivity contribution is -0.143. The van der Waals surface area contributed by atoms with Gasteiger partial charge < -0.3 is 15.6 Å². The summed E-state index contributed by atoms with van der Waals surface area (Å²) in [7, 11) is 0. The zero-order valence-corrected chi connectivity index (χ0v) is 17.0. The number of alkyl halides is 6. The highest BCUT2D eigenvalue weighted by atomic mass is 19.4. The largest absolute Gasteiger partial charge is 0.416 e. The first kappa shape index (κ1) is 23.9. The van der Waals surface area contributed by atoms with Gasteiger partial charge in [-0.25, -0.2) is 0 Å². The number of rotatable bonds is 6. The number of Topliss-reactive ketones (excluding diaryl/α,β-unsaturated/α-hetero) is 1. The van der Waals surface area contributed by atoms with E-state index in [9.17, 15) is 31.1 Å². The van der Waals surface area contributed by atoms with Gasteiger partial charge in [0, 0.05) is 18.3 Å². The Morgan fingerprint density at radius 1 is 1.06 bits per heavy atom. The number of ketones is 1. The molecule has 0 aliphatic heterocycles. The van der Waals surface area contributed by atoms with E-state index in [-0.39, 0.29) is 28.7 Å². The van der Waals surface area contributed by atoms with Crippen LogP contribution in [0.15, 0.2) is 65.1 Å². The van der Waals surface area contributed by atoms with Crippen LogP contribution in [0.5, 0.6) is 0 Å². The predicted molar refractivity (Wildman–Crippen MR) is 107 cm³/mol. The number of hydrogen-bond donors (Lipinski definition) is 2. The number of carbonyl (C=O) groups is 1. The van der Waals surface area contributed by atoms with Gasteiger partial charge in [0.25, 0.3) is 0 Å². The molecule has 3 aromatic rings. The number of benzene rings is 2. The van der Waals surface area contributed by atoms with E-state index in [1.54, 1.807) is 31.2 Å². The van der Waals surface area contributed by atoms with Crippen molar-refractivity contribution in [3.05, 3.63) is 88.4 Å². The first-order chi connectivity index (χ1) is 15.4. The van der Waals surface area contributed by atoms with E-state index in [0.717, 1.165) is 11.8 Å². The second-order valence-corrected chi connectivity index (χ2v) is 7.11. The number of nitrogens with one attached hydrogen (secondary N) is 1. The topological polar surface area (TPSA) is 81.2 Å². The highest BCUT2D eigenvalue weighted by Gasteiger charge is 2.36. The minimum Gasteiger partial charge on any atom is -0.394 e. The molecule has 0 atom stereocenters. The van der Waals surface area contributed by atoms with Crippen LogP contribution in [-0.4, -0.2) is 10.9 Å². The fourth-order valence-electron chi connectivity index (χ4n) is 3.04. The quantitative estimate of drug-likeness (QED) is 0.285. The average molecular weight is 469 g/mol. The molecule has 1 aromatic heterocycles. The van der Waals surface area contributed by atoms with Crippen LogP contribution < -0.4 is 11.1 Å². The van der Waals surface area contributed by atoms with Crippen LogP contribution in [0.25, 0.3) is 11.3 Å². The van der Waals surface area contributed by atoms with Crippen molar-refractivity contribution >= 4 is 5.78 Å². The summed E-state index contributed by atoms with van der Waals surface area (Å²) in [6.07, 6.45) is -7.74. The summed E-state index contributed by atoms with van der Waals surface area (Å²) in [5.41, 5.74) is 3.76. The number of aromatic nitrogens is 1. The Labute approximate surface area is 183 Å². The molecule has 1 heterocycles. The fraction of sp³-hybridized carbons (Fsp3) is 0.182. The second kappa shape index (κ2) is 9.00. The highest BCUT2D eigenvalue weighted by Crippen LogP contribution is 2.36. The molecule has 0 aliphatic rings. The number of nitrogens with zero attached hydrogens (tertiary/aromatic N) is 1. The van der Waals surface area contributed by atoms with Gasteiger partial charge in [0.2, 0.25) is 5.78 Å². The lowest BCUT2D eigenvalue weighted by Crippen LogP contribution is -2.18. The molecule has 0 saturated heterocycles. The zero-order chi connectivity index (χ0) is 24.4. The van der Waals surface area contributed by atoms with E-state index in [4.69, 9.17) is 10.3 Å². The van der Waals surface area contributed by atoms with Crippen LogP contribution >= 0.6 is 0 Å². The van der Waals surface area contributed by atoms with Crippen molar-refractivity contribution in [1.29, 1.82) is 0 Å². The molecule has 2 aromatic carbocycles. The Balaban J connectivity index is 1.80. The maximum atomic E-state index is 13.0. The van der Waals surface area contributed by atoms with Crippen molar-refractivity contribution in [2.24, 2.45) is 5.73 Å². The van der Waals surface area contributed by atoms with Gasteiger partial charge in [-0.3, -0.25) is 4.79 Å². The summed E-state index contributed by atoms with van der Waals surface area (Å²) >= 11 is 0. The Morgan fingerprint density at radius 2 is 1.67 bits per heavy atom. The van der Waals surface area contributed by atoms with Crippen LogP contribution in [0.3, 0.4) is 0 Å². The molecule has 11 heteroatoms. The Bertz CT molecular complexity index is 1160. The van der Waals surface area contributed by atoms with Gasteiger partial charge in [0.15, 0.2) is 5.76 Å². The summed E-state index contributed by atoms with van der Waals surface area (Å²) < 4.78 is 83.0. The van der Waals surface area contributed by atoms with Gasteiger partial charge in [-0.05, 0) is 36.2 Å². The smallest absolute Gasteiger partial charge is 0.394 e. The Hall–Kier alpha value is -3.76. The monoisotopic (exact) mass is 469 g/mol. The molecule has 3 N–H and O–H groups in total. The summed E-state index contributed by atoms with van der Waals surface area (Å²) in [4.78, 5) is 12.7. The SMILES string of the molecule is Cc1ccccc1-c1oncc1C(=O)/C(N)=C/NCc1cc(C(F)(F)F)cc(C(F)(F)F)c1. The number of aryl methyl sites for hydroxylation is 1. The van der Waals surface area contributed by atoms with Crippen LogP contribution in [-0.2, 0) is 18.9 Å². The fourth-order valence-corrected chi connectivity index (χ4v) is 3.04. The van der Waals surface area contributed by atoms with E-state index in [0.29, 0.717) is 17.7 Å². The third-order valence-corrected chi connectivity index (χ3v) is 4.68. The summed E-state index contributed by atoms with van der Waals surface area (Å²) in [6, 6.07) is 8.27. The van der Waals surface area contributed by atoms with Crippen molar-refractivity contribution in [2.75, 3.05) is 0 Å². The lowest BCUT2D eigenvalue weighted by Gasteiger charge is -2.14. The maximum absolute atomic E-state index is 13.0. The molecule has 33 heavy (non-hydrogen) atoms. The minimum atomic E-state index is -4.96. The number of nitrogens with two attached hydrogens (primary N) is 1. The van der Waals surface area contributed by atoms with Crippen molar-refractivity contribution in [2.45, 2.75) is 25.8 Å². The minimum absolute atomic E-state index is 0.0379. The molecule has 0 saturated carbocycles. The van der Waals surface area contributed by atoms with Crippen LogP contribution in [0.2, 0.25) is 0 Å². The van der Waals surface area contributed by atoms with Crippen molar-refractivity contribution in [3.8, 4) is 11.3 Å². The Kier molecular flexibility index (Phi) is 6.52. The van der Waals surface area contributed by atoms with E-state index < -0.39 is 35.8 Å². The molecule has 0 aliphatic carbocycles. The molecule has 0 fully saturated rings. The first-order valence-electron chi connectivity index (χ1n) is 9.40. The zero-order valence-electron chi connectivity index (χ0n) is 17.0. The van der Waals surface area contributed by atoms with Crippen molar-refractivity contribution in [1.82, 2.24) is 10.5 Å². The van der Waals surface area contributed by atoms with Crippen LogP contribution in [0.4, 0.5) is 26.3 Å². The van der Waals surface area contributed by atoms with Gasteiger partial charge in [-0.1, -0.05) is 29.4 Å². The second-order valence-electron chi connectivity index (χ2n) is 7.11. The number of allylic oxidation sites excluding steroid dienone is 1. The molecular formula is C22H17F6N3O2. The average Bonchev–Trinajstić information content (AvgIpc) is 3.21. The molecule has 0 radical (unpaired) electrons. The van der Waals surface area contributed by atoms with Gasteiger partial charge >= 0.3 is 12.4 Å². The predicted octanol–water partition coefficient (Wildman–Crippen LogP) is 5.46. The Morgan fingerprint density at radius 3 is 2.24 bits per heavy atom. The van der Waals surface area contributed by atoms with Gasteiger partial charge in [-0.15, -0.1) is 0 Å². The van der Waals surface area contributed by atoms with Gasteiger partial charge in [-0.2, -0.15) is 26.3 Å². The first-order valence-corrected chi connectivity index (χ1v) is 9.40. The molecule has 0 bridgehead atoms. The normalized spacial score (nSPS) is 12.6. The van der Waals surface area contributed by atoms with Crippen molar-refractivity contribution in [3.63, 3.8) is 0 Å². The maximum Gasteiger partial charge on any atom is 0.416 e. The molecule has 0 spiro atoms. The van der Waals surface area contributed by atoms with Gasteiger partial charge in [0.05, 0.1) is 28.6 Å². The standard InChI is InChI=1S/C22H17F6N3O2/c1-12-4-2-3-5-16(12)20-17(10-31-33-20)19(32)18(29)11-30-9-13-6-14(21(23,24)25)8-15(7-13)22(26,27)28/h2-8,10-11,30H,9,29H2,1H3/b18-11-. The van der Waals surface area contributed by atoms with Crippen molar-refractivity contribution < 1.29 is 35.7 Å². The number of hydrogen-bond acceptors (Lipinski definition) is 5. The van der Waals surface area contributed by atoms with E-state index in [1.807, 2.05) is 0 Å². The third-order valence-electron chi connectivity index (χ3n) is 4.68. The molecule has 0 unspecified atom stereocenters. The van der Waals surface area contributed by atoms with Crippen LogP contribution in [0, 0.1) is 6.92 Å². The van der Waals surface area contributed by atoms with E-state index >= 15 is 0 Å². The summed E-state index contributed by atoms with van der Waals surface area (Å²) in [5.74, 6) is -0.496.